The minimum atomic E-state index is -0.270. The first-order valence-electron chi connectivity index (χ1n) is 10.3. The van der Waals surface area contributed by atoms with Gasteiger partial charge in [-0.25, -0.2) is 0 Å². The van der Waals surface area contributed by atoms with Crippen LogP contribution in [0.2, 0.25) is 0 Å². The van der Waals surface area contributed by atoms with Crippen molar-refractivity contribution in [3.63, 3.8) is 0 Å². The summed E-state index contributed by atoms with van der Waals surface area (Å²) in [6.45, 7) is 2.25. The van der Waals surface area contributed by atoms with E-state index in [0.29, 0.717) is 10.7 Å². The molecule has 3 heterocycles. The SMILES string of the molecule is O=C1S/C(=C/c2ccc(N3CCCCC3)o2)C(=O)N1Cc1cccc2ccccc12. The second-order valence-corrected chi connectivity index (χ2v) is 8.62. The molecule has 0 bridgehead atoms. The first-order valence-corrected chi connectivity index (χ1v) is 11.1. The number of furan rings is 1. The summed E-state index contributed by atoms with van der Waals surface area (Å²) in [6, 6.07) is 17.8. The number of nitrogens with zero attached hydrogens (tertiary/aromatic N) is 2. The van der Waals surface area contributed by atoms with Crippen molar-refractivity contribution < 1.29 is 14.0 Å². The molecule has 0 unspecified atom stereocenters. The molecule has 0 atom stereocenters. The van der Waals surface area contributed by atoms with E-state index in [4.69, 9.17) is 4.42 Å². The number of imide groups is 1. The van der Waals surface area contributed by atoms with Crippen LogP contribution in [0.1, 0.15) is 30.6 Å². The predicted molar refractivity (Wildman–Crippen MR) is 120 cm³/mol. The minimum absolute atomic E-state index is 0.248. The Labute approximate surface area is 179 Å². The molecule has 2 saturated heterocycles. The fourth-order valence-corrected chi connectivity index (χ4v) is 4.89. The first-order chi connectivity index (χ1) is 14.7. The third kappa shape index (κ3) is 3.63. The second-order valence-electron chi connectivity index (χ2n) is 7.63. The van der Waals surface area contributed by atoms with Crippen molar-refractivity contribution in [2.45, 2.75) is 25.8 Å². The molecule has 2 aliphatic rings. The molecule has 3 aromatic rings. The summed E-state index contributed by atoms with van der Waals surface area (Å²) in [7, 11) is 0. The maximum atomic E-state index is 12.9. The van der Waals surface area contributed by atoms with E-state index in [2.05, 4.69) is 4.90 Å². The number of thioether (sulfide) groups is 1. The molecule has 2 amide bonds. The average molecular weight is 419 g/mol. The van der Waals surface area contributed by atoms with Crippen LogP contribution in [0.25, 0.3) is 16.8 Å². The Balaban J connectivity index is 1.36. The minimum Gasteiger partial charge on any atom is -0.441 e. The van der Waals surface area contributed by atoms with Crippen LogP contribution in [0.4, 0.5) is 10.7 Å². The third-order valence-corrected chi connectivity index (χ3v) is 6.54. The quantitative estimate of drug-likeness (QED) is 0.512. The highest BCUT2D eigenvalue weighted by molar-refractivity contribution is 8.18. The normalized spacial score (nSPS) is 18.7. The van der Waals surface area contributed by atoms with Gasteiger partial charge in [-0.2, -0.15) is 0 Å². The van der Waals surface area contributed by atoms with E-state index >= 15 is 0 Å². The van der Waals surface area contributed by atoms with Gasteiger partial charge < -0.3 is 9.32 Å². The molecule has 0 spiro atoms. The summed E-state index contributed by atoms with van der Waals surface area (Å²) in [5.74, 6) is 1.16. The number of benzene rings is 2. The van der Waals surface area contributed by atoms with Gasteiger partial charge in [0.15, 0.2) is 5.88 Å². The lowest BCUT2D eigenvalue weighted by Gasteiger charge is -2.25. The zero-order valence-corrected chi connectivity index (χ0v) is 17.4. The first kappa shape index (κ1) is 19.0. The maximum Gasteiger partial charge on any atom is 0.293 e. The molecule has 2 aliphatic heterocycles. The zero-order chi connectivity index (χ0) is 20.5. The smallest absolute Gasteiger partial charge is 0.293 e. The predicted octanol–water partition coefficient (Wildman–Crippen LogP) is 5.66. The number of hydrogen-bond donors (Lipinski definition) is 0. The van der Waals surface area contributed by atoms with Gasteiger partial charge in [0.05, 0.1) is 11.4 Å². The van der Waals surface area contributed by atoms with Crippen LogP contribution in [0.15, 0.2) is 63.9 Å². The number of rotatable bonds is 4. The maximum absolute atomic E-state index is 12.9. The molecule has 5 rings (SSSR count). The van der Waals surface area contributed by atoms with Crippen LogP contribution in [0.3, 0.4) is 0 Å². The van der Waals surface area contributed by atoms with Crippen LogP contribution >= 0.6 is 11.8 Å². The fourth-order valence-electron chi connectivity index (χ4n) is 4.07. The van der Waals surface area contributed by atoms with Crippen LogP contribution in [-0.4, -0.2) is 29.1 Å². The Morgan fingerprint density at radius 2 is 1.73 bits per heavy atom. The third-order valence-electron chi connectivity index (χ3n) is 5.64. The molecular formula is C24H22N2O3S. The highest BCUT2D eigenvalue weighted by Crippen LogP contribution is 2.35. The summed E-state index contributed by atoms with van der Waals surface area (Å²) in [6.07, 6.45) is 5.28. The van der Waals surface area contributed by atoms with Gasteiger partial charge in [0.1, 0.15) is 5.76 Å². The van der Waals surface area contributed by atoms with Gasteiger partial charge in [-0.1, -0.05) is 42.5 Å². The summed E-state index contributed by atoms with van der Waals surface area (Å²) >= 11 is 0.971. The van der Waals surface area contributed by atoms with E-state index in [1.807, 2.05) is 54.6 Å². The van der Waals surface area contributed by atoms with Crippen molar-refractivity contribution in [2.24, 2.45) is 0 Å². The lowest BCUT2D eigenvalue weighted by atomic mass is 10.0. The van der Waals surface area contributed by atoms with Gasteiger partial charge in [-0.3, -0.25) is 14.5 Å². The molecule has 6 heteroatoms. The van der Waals surface area contributed by atoms with E-state index in [-0.39, 0.29) is 17.7 Å². The number of amides is 2. The highest BCUT2D eigenvalue weighted by atomic mass is 32.2. The molecule has 0 aliphatic carbocycles. The molecule has 0 radical (unpaired) electrons. The fraction of sp³-hybridized carbons (Fsp3) is 0.250. The van der Waals surface area contributed by atoms with Gasteiger partial charge >= 0.3 is 0 Å². The molecule has 0 N–H and O–H groups in total. The Hall–Kier alpha value is -2.99. The monoisotopic (exact) mass is 418 g/mol. The second kappa shape index (κ2) is 8.03. The van der Waals surface area contributed by atoms with E-state index in [9.17, 15) is 9.59 Å². The van der Waals surface area contributed by atoms with Crippen LogP contribution in [-0.2, 0) is 11.3 Å². The number of hydrogen-bond acceptors (Lipinski definition) is 5. The van der Waals surface area contributed by atoms with E-state index in [1.165, 1.54) is 24.2 Å². The van der Waals surface area contributed by atoms with Crippen molar-refractivity contribution in [1.82, 2.24) is 4.90 Å². The van der Waals surface area contributed by atoms with E-state index in [1.54, 1.807) is 6.08 Å². The molecule has 2 fully saturated rings. The molecule has 5 nitrogen and oxygen atoms in total. The standard InChI is InChI=1S/C24H22N2O3S/c27-23-21(15-19-11-12-22(29-19)25-13-4-1-5-14-25)30-24(28)26(23)16-18-9-6-8-17-7-2-3-10-20(17)18/h2-3,6-12,15H,1,4-5,13-14,16H2/b21-15+. The molecule has 1 aromatic heterocycles. The van der Waals surface area contributed by atoms with Crippen molar-refractivity contribution in [1.29, 1.82) is 0 Å². The number of piperidine rings is 1. The van der Waals surface area contributed by atoms with Gasteiger partial charge in [0, 0.05) is 25.2 Å². The van der Waals surface area contributed by atoms with E-state index in [0.717, 1.165) is 47.1 Å². The van der Waals surface area contributed by atoms with Gasteiger partial charge in [-0.15, -0.1) is 0 Å². The lowest BCUT2D eigenvalue weighted by molar-refractivity contribution is -0.123. The van der Waals surface area contributed by atoms with Gasteiger partial charge in [0.25, 0.3) is 11.1 Å². The van der Waals surface area contributed by atoms with E-state index < -0.39 is 0 Å². The Morgan fingerprint density at radius 3 is 2.60 bits per heavy atom. The molecule has 152 valence electrons. The summed E-state index contributed by atoms with van der Waals surface area (Å²) in [5.41, 5.74) is 0.960. The lowest BCUT2D eigenvalue weighted by Crippen LogP contribution is -2.28. The van der Waals surface area contributed by atoms with Crippen molar-refractivity contribution in [2.75, 3.05) is 18.0 Å². The summed E-state index contributed by atoms with van der Waals surface area (Å²) in [5, 5.41) is 1.90. The molecule has 2 aromatic carbocycles. The number of anilines is 1. The van der Waals surface area contributed by atoms with Gasteiger partial charge in [-0.05, 0) is 53.4 Å². The number of carbonyl (C=O) groups excluding carboxylic acids is 2. The largest absolute Gasteiger partial charge is 0.441 e. The Morgan fingerprint density at radius 1 is 0.933 bits per heavy atom. The molecule has 0 saturated carbocycles. The number of carbonyl (C=O) groups is 2. The van der Waals surface area contributed by atoms with Crippen LogP contribution < -0.4 is 4.90 Å². The topological polar surface area (TPSA) is 53.8 Å². The molecular weight excluding hydrogens is 396 g/mol. The molecule has 30 heavy (non-hydrogen) atoms. The van der Waals surface area contributed by atoms with Crippen molar-refractivity contribution in [3.8, 4) is 0 Å². The van der Waals surface area contributed by atoms with Gasteiger partial charge in [0.2, 0.25) is 0 Å². The Bertz CT molecular complexity index is 1140. The summed E-state index contributed by atoms with van der Waals surface area (Å²) < 4.78 is 5.93. The zero-order valence-electron chi connectivity index (χ0n) is 16.5. The van der Waals surface area contributed by atoms with Crippen LogP contribution in [0.5, 0.6) is 0 Å². The highest BCUT2D eigenvalue weighted by Gasteiger charge is 2.35. The number of fused-ring (bicyclic) bond motifs is 1. The Kier molecular flexibility index (Phi) is 5.09. The van der Waals surface area contributed by atoms with Crippen molar-refractivity contribution >= 4 is 45.6 Å². The van der Waals surface area contributed by atoms with Crippen LogP contribution in [0, 0.1) is 0 Å². The summed E-state index contributed by atoms with van der Waals surface area (Å²) in [4.78, 5) is 29.4. The average Bonchev–Trinajstić information content (AvgIpc) is 3.35. The van der Waals surface area contributed by atoms with Crippen molar-refractivity contribution in [3.05, 3.63) is 70.8 Å².